The van der Waals surface area contributed by atoms with E-state index in [0.29, 0.717) is 5.92 Å². The summed E-state index contributed by atoms with van der Waals surface area (Å²) in [5.41, 5.74) is 0.0625. The van der Waals surface area contributed by atoms with Gasteiger partial charge in [-0.1, -0.05) is 0 Å². The highest BCUT2D eigenvalue weighted by molar-refractivity contribution is 5.10. The summed E-state index contributed by atoms with van der Waals surface area (Å²) in [7, 11) is 0. The van der Waals surface area contributed by atoms with Crippen LogP contribution >= 0.6 is 0 Å². The van der Waals surface area contributed by atoms with Crippen molar-refractivity contribution in [3.05, 3.63) is 0 Å². The van der Waals surface area contributed by atoms with Gasteiger partial charge in [-0.25, -0.2) is 0 Å². The molecule has 2 rings (SSSR count). The first-order chi connectivity index (χ1) is 6.24. The molecule has 0 aromatic carbocycles. The van der Waals surface area contributed by atoms with Crippen LogP contribution in [0.2, 0.25) is 0 Å². The zero-order chi connectivity index (χ0) is 9.31. The van der Waals surface area contributed by atoms with Gasteiger partial charge in [0.2, 0.25) is 0 Å². The Morgan fingerprint density at radius 2 is 1.85 bits per heavy atom. The fraction of sp³-hybridized carbons (Fsp3) is 0.909. The first-order valence-corrected chi connectivity index (χ1v) is 5.33. The van der Waals surface area contributed by atoms with E-state index in [4.69, 9.17) is 5.26 Å². The molecule has 2 heteroatoms. The van der Waals surface area contributed by atoms with Crippen molar-refractivity contribution in [3.8, 4) is 6.07 Å². The van der Waals surface area contributed by atoms with Gasteiger partial charge in [-0.05, 0) is 50.9 Å². The van der Waals surface area contributed by atoms with Crippen molar-refractivity contribution >= 4 is 0 Å². The molecule has 0 aromatic rings. The average Bonchev–Trinajstić information content (AvgIpc) is 2.90. The molecular weight excluding hydrogens is 162 g/mol. The van der Waals surface area contributed by atoms with Gasteiger partial charge in [0.1, 0.15) is 0 Å². The molecule has 0 heterocycles. The van der Waals surface area contributed by atoms with Crippen molar-refractivity contribution in [1.29, 1.82) is 5.26 Å². The van der Waals surface area contributed by atoms with E-state index in [2.05, 4.69) is 6.07 Å². The maximum atomic E-state index is 9.33. The van der Waals surface area contributed by atoms with Gasteiger partial charge >= 0.3 is 0 Å². The molecule has 2 nitrogen and oxygen atoms in total. The third kappa shape index (κ3) is 2.03. The van der Waals surface area contributed by atoms with Crippen molar-refractivity contribution in [2.75, 3.05) is 0 Å². The van der Waals surface area contributed by atoms with Crippen LogP contribution in [0, 0.1) is 22.7 Å². The van der Waals surface area contributed by atoms with E-state index >= 15 is 0 Å². The monoisotopic (exact) mass is 179 g/mol. The lowest BCUT2D eigenvalue weighted by Gasteiger charge is -2.26. The van der Waals surface area contributed by atoms with Crippen LogP contribution in [-0.2, 0) is 0 Å². The lowest BCUT2D eigenvalue weighted by atomic mass is 9.81. The largest absolute Gasteiger partial charge is 0.393 e. The zero-order valence-electron chi connectivity index (χ0n) is 8.00. The second-order valence-electron chi connectivity index (χ2n) is 4.77. The van der Waals surface area contributed by atoms with Crippen LogP contribution in [0.25, 0.3) is 0 Å². The summed E-state index contributed by atoms with van der Waals surface area (Å²) in [5, 5.41) is 18.3. The highest BCUT2D eigenvalue weighted by Gasteiger charge is 2.44. The molecule has 1 N–H and O–H groups in total. The maximum absolute atomic E-state index is 9.33. The first kappa shape index (κ1) is 9.02. The van der Waals surface area contributed by atoms with Crippen molar-refractivity contribution in [1.82, 2.24) is 0 Å². The summed E-state index contributed by atoms with van der Waals surface area (Å²) in [5.74, 6) is 0.713. The van der Waals surface area contributed by atoms with E-state index in [-0.39, 0.29) is 11.5 Å². The molecule has 0 unspecified atom stereocenters. The molecule has 0 aliphatic heterocycles. The van der Waals surface area contributed by atoms with Crippen LogP contribution in [0.1, 0.15) is 44.9 Å². The summed E-state index contributed by atoms with van der Waals surface area (Å²) >= 11 is 0. The highest BCUT2D eigenvalue weighted by Crippen LogP contribution is 2.51. The van der Waals surface area contributed by atoms with E-state index < -0.39 is 0 Å². The minimum Gasteiger partial charge on any atom is -0.393 e. The summed E-state index contributed by atoms with van der Waals surface area (Å²) in [6, 6.07) is 2.45. The van der Waals surface area contributed by atoms with Gasteiger partial charge in [0.05, 0.1) is 17.6 Å². The average molecular weight is 179 g/mol. The van der Waals surface area contributed by atoms with Gasteiger partial charge in [0, 0.05) is 0 Å². The fourth-order valence-electron chi connectivity index (χ4n) is 2.41. The van der Waals surface area contributed by atoms with Gasteiger partial charge in [-0.3, -0.25) is 0 Å². The lowest BCUT2D eigenvalue weighted by molar-refractivity contribution is 0.103. The minimum absolute atomic E-state index is 0.0616. The van der Waals surface area contributed by atoms with Crippen LogP contribution in [0.15, 0.2) is 0 Å². The predicted molar refractivity (Wildman–Crippen MR) is 49.9 cm³/mol. The van der Waals surface area contributed by atoms with Crippen LogP contribution in [-0.4, -0.2) is 11.2 Å². The van der Waals surface area contributed by atoms with Crippen LogP contribution in [0.5, 0.6) is 0 Å². The van der Waals surface area contributed by atoms with Crippen molar-refractivity contribution in [2.45, 2.75) is 51.0 Å². The molecule has 13 heavy (non-hydrogen) atoms. The Morgan fingerprint density at radius 3 is 2.31 bits per heavy atom. The smallest absolute Gasteiger partial charge is 0.0689 e. The Balaban J connectivity index is 1.80. The van der Waals surface area contributed by atoms with Gasteiger partial charge < -0.3 is 5.11 Å². The number of nitriles is 1. The number of rotatable bonds is 2. The van der Waals surface area contributed by atoms with E-state index in [1.54, 1.807) is 0 Å². The number of aliphatic hydroxyl groups is 1. The number of hydrogen-bond donors (Lipinski definition) is 1. The molecule has 72 valence electrons. The third-order valence-electron chi connectivity index (χ3n) is 3.59. The normalized spacial score (nSPS) is 36.6. The molecule has 0 aromatic heterocycles. The molecule has 0 radical (unpaired) electrons. The first-order valence-electron chi connectivity index (χ1n) is 5.33. The molecule has 2 saturated carbocycles. The second-order valence-corrected chi connectivity index (χ2v) is 4.77. The summed E-state index contributed by atoms with van der Waals surface area (Å²) in [4.78, 5) is 0. The lowest BCUT2D eigenvalue weighted by Crippen LogP contribution is -2.20. The van der Waals surface area contributed by atoms with Gasteiger partial charge in [-0.2, -0.15) is 5.26 Å². The third-order valence-corrected chi connectivity index (χ3v) is 3.59. The fourth-order valence-corrected chi connectivity index (χ4v) is 2.41. The van der Waals surface area contributed by atoms with Crippen LogP contribution < -0.4 is 0 Å². The molecule has 2 aliphatic rings. The van der Waals surface area contributed by atoms with Gasteiger partial charge in [0.15, 0.2) is 0 Å². The molecule has 0 amide bonds. The Bertz CT molecular complexity index is 219. The standard InChI is InChI=1S/C11H17NO/c12-8-11(5-6-11)7-9-1-3-10(13)4-2-9/h9-10,13H,1-7H2. The molecule has 2 aliphatic carbocycles. The summed E-state index contributed by atoms with van der Waals surface area (Å²) in [6.45, 7) is 0. The van der Waals surface area contributed by atoms with E-state index in [0.717, 1.165) is 44.9 Å². The maximum Gasteiger partial charge on any atom is 0.0689 e. The van der Waals surface area contributed by atoms with E-state index in [9.17, 15) is 5.11 Å². The molecule has 0 spiro atoms. The highest BCUT2D eigenvalue weighted by atomic mass is 16.3. The second kappa shape index (κ2) is 3.31. The zero-order valence-corrected chi connectivity index (χ0v) is 8.00. The summed E-state index contributed by atoms with van der Waals surface area (Å²) < 4.78 is 0. The topological polar surface area (TPSA) is 44.0 Å². The summed E-state index contributed by atoms with van der Waals surface area (Å²) in [6.07, 6.45) is 7.42. The van der Waals surface area contributed by atoms with Gasteiger partial charge in [-0.15, -0.1) is 0 Å². The number of hydrogen-bond acceptors (Lipinski definition) is 2. The van der Waals surface area contributed by atoms with E-state index in [1.807, 2.05) is 0 Å². The Labute approximate surface area is 79.6 Å². The Kier molecular flexibility index (Phi) is 2.29. The van der Waals surface area contributed by atoms with Gasteiger partial charge in [0.25, 0.3) is 0 Å². The SMILES string of the molecule is N#CC1(CC2CCC(O)CC2)CC1. The van der Waals surface area contributed by atoms with Crippen molar-refractivity contribution in [3.63, 3.8) is 0 Å². The predicted octanol–water partition coefficient (Wildman–Crippen LogP) is 2.23. The van der Waals surface area contributed by atoms with Crippen molar-refractivity contribution < 1.29 is 5.11 Å². The van der Waals surface area contributed by atoms with Crippen LogP contribution in [0.4, 0.5) is 0 Å². The van der Waals surface area contributed by atoms with Crippen molar-refractivity contribution in [2.24, 2.45) is 11.3 Å². The van der Waals surface area contributed by atoms with E-state index in [1.165, 1.54) is 0 Å². The quantitative estimate of drug-likeness (QED) is 0.706. The molecule has 2 fully saturated rings. The molecule has 0 saturated heterocycles. The molecule has 0 atom stereocenters. The Hall–Kier alpha value is -0.550. The Morgan fingerprint density at radius 1 is 1.23 bits per heavy atom. The molecule has 0 bridgehead atoms. The van der Waals surface area contributed by atoms with Crippen LogP contribution in [0.3, 0.4) is 0 Å². The number of nitrogens with zero attached hydrogens (tertiary/aromatic N) is 1. The number of aliphatic hydroxyl groups excluding tert-OH is 1. The minimum atomic E-state index is -0.0616. The molecular formula is C11H17NO.